The molecule has 3 heterocycles. The van der Waals surface area contributed by atoms with Crippen molar-refractivity contribution in [1.29, 1.82) is 0 Å². The number of rotatable bonds is 2. The van der Waals surface area contributed by atoms with Gasteiger partial charge in [0.2, 0.25) is 0 Å². The van der Waals surface area contributed by atoms with Crippen LogP contribution in [0.4, 0.5) is 0 Å². The maximum Gasteiger partial charge on any atom is 0.335 e. The lowest BCUT2D eigenvalue weighted by molar-refractivity contribution is 0.0225. The maximum absolute atomic E-state index is 12.1. The number of nitrogens with zero attached hydrogens (tertiary/aromatic N) is 2. The summed E-state index contributed by atoms with van der Waals surface area (Å²) in [4.78, 5) is 27.2. The molecule has 6 nitrogen and oxygen atoms in total. The Morgan fingerprint density at radius 3 is 2.63 bits per heavy atom. The molecule has 6 heteroatoms. The SMILES string of the molecule is O=C(c1ccc(=O)oc1)N1CC(N2CCNCC2)C1. The first-order valence-electron chi connectivity index (χ1n) is 6.57. The summed E-state index contributed by atoms with van der Waals surface area (Å²) >= 11 is 0. The largest absolute Gasteiger partial charge is 0.430 e. The van der Waals surface area contributed by atoms with E-state index in [1.807, 2.05) is 0 Å². The third-order valence-electron chi connectivity index (χ3n) is 3.77. The van der Waals surface area contributed by atoms with E-state index in [0.717, 1.165) is 39.3 Å². The summed E-state index contributed by atoms with van der Waals surface area (Å²) in [5.74, 6) is -0.0601. The third kappa shape index (κ3) is 2.54. The van der Waals surface area contributed by atoms with Crippen LogP contribution in [0.3, 0.4) is 0 Å². The molecular weight excluding hydrogens is 246 g/mol. The van der Waals surface area contributed by atoms with Crippen molar-refractivity contribution in [2.24, 2.45) is 0 Å². The summed E-state index contributed by atoms with van der Waals surface area (Å²) in [5.41, 5.74) is 0.0113. The molecule has 3 rings (SSSR count). The molecule has 102 valence electrons. The van der Waals surface area contributed by atoms with Crippen LogP contribution < -0.4 is 10.9 Å². The normalized spacial score (nSPS) is 21.2. The molecule has 19 heavy (non-hydrogen) atoms. The molecule has 0 atom stereocenters. The molecule has 2 saturated heterocycles. The number of hydrogen-bond donors (Lipinski definition) is 1. The van der Waals surface area contributed by atoms with E-state index in [1.54, 1.807) is 4.90 Å². The number of carbonyl (C=O) groups excluding carboxylic acids is 1. The first kappa shape index (κ1) is 12.4. The van der Waals surface area contributed by atoms with E-state index in [4.69, 9.17) is 4.42 Å². The molecule has 0 spiro atoms. The van der Waals surface area contributed by atoms with Crippen molar-refractivity contribution >= 4 is 5.91 Å². The second kappa shape index (κ2) is 5.14. The van der Waals surface area contributed by atoms with Gasteiger partial charge >= 0.3 is 5.63 Å². The molecule has 0 radical (unpaired) electrons. The Labute approximate surface area is 111 Å². The van der Waals surface area contributed by atoms with Crippen LogP contribution in [0.5, 0.6) is 0 Å². The van der Waals surface area contributed by atoms with Gasteiger partial charge in [-0.15, -0.1) is 0 Å². The van der Waals surface area contributed by atoms with Crippen molar-refractivity contribution in [2.45, 2.75) is 6.04 Å². The van der Waals surface area contributed by atoms with Crippen molar-refractivity contribution in [1.82, 2.24) is 15.1 Å². The van der Waals surface area contributed by atoms with Gasteiger partial charge in [-0.25, -0.2) is 4.79 Å². The average Bonchev–Trinajstić information content (AvgIpc) is 2.39. The Hall–Kier alpha value is -1.66. The molecule has 1 N–H and O–H groups in total. The molecule has 2 aliphatic rings. The van der Waals surface area contributed by atoms with Crippen LogP contribution >= 0.6 is 0 Å². The number of likely N-dealkylation sites (tertiary alicyclic amines) is 1. The van der Waals surface area contributed by atoms with Gasteiger partial charge in [-0.1, -0.05) is 0 Å². The lowest BCUT2D eigenvalue weighted by atomic mass is 10.0. The van der Waals surface area contributed by atoms with Crippen LogP contribution in [0.15, 0.2) is 27.6 Å². The van der Waals surface area contributed by atoms with Crippen molar-refractivity contribution in [3.63, 3.8) is 0 Å². The Kier molecular flexibility index (Phi) is 3.35. The molecule has 0 aromatic carbocycles. The minimum atomic E-state index is -0.432. The zero-order chi connectivity index (χ0) is 13.2. The standard InChI is InChI=1S/C13H17N3O3/c17-12-2-1-10(9-19-12)13(18)16-7-11(8-16)15-5-3-14-4-6-15/h1-2,9,11,14H,3-8H2. The minimum Gasteiger partial charge on any atom is -0.430 e. The highest BCUT2D eigenvalue weighted by atomic mass is 16.4. The summed E-state index contributed by atoms with van der Waals surface area (Å²) in [6, 6.07) is 3.27. The van der Waals surface area contributed by atoms with Gasteiger partial charge in [0.15, 0.2) is 0 Å². The second-order valence-electron chi connectivity index (χ2n) is 4.99. The number of amides is 1. The molecular formula is C13H17N3O3. The van der Waals surface area contributed by atoms with E-state index in [9.17, 15) is 9.59 Å². The number of nitrogens with one attached hydrogen (secondary N) is 1. The molecule has 1 aromatic rings. The molecule has 0 unspecified atom stereocenters. The molecule has 1 aromatic heterocycles. The molecule has 0 aliphatic carbocycles. The minimum absolute atomic E-state index is 0.0601. The smallest absolute Gasteiger partial charge is 0.335 e. The van der Waals surface area contributed by atoms with Crippen molar-refractivity contribution in [3.8, 4) is 0 Å². The molecule has 0 bridgehead atoms. The first-order valence-corrected chi connectivity index (χ1v) is 6.57. The van der Waals surface area contributed by atoms with Crippen LogP contribution in [-0.2, 0) is 0 Å². The fraction of sp³-hybridized carbons (Fsp3) is 0.538. The fourth-order valence-electron chi connectivity index (χ4n) is 2.56. The van der Waals surface area contributed by atoms with Crippen LogP contribution in [0, 0.1) is 0 Å². The van der Waals surface area contributed by atoms with E-state index in [1.165, 1.54) is 18.4 Å². The Morgan fingerprint density at radius 2 is 2.00 bits per heavy atom. The highest BCUT2D eigenvalue weighted by Gasteiger charge is 2.35. The topological polar surface area (TPSA) is 65.8 Å². The summed E-state index contributed by atoms with van der Waals surface area (Å²) in [7, 11) is 0. The average molecular weight is 263 g/mol. The fourth-order valence-corrected chi connectivity index (χ4v) is 2.56. The number of piperazine rings is 1. The highest BCUT2D eigenvalue weighted by molar-refractivity contribution is 5.94. The highest BCUT2D eigenvalue weighted by Crippen LogP contribution is 2.18. The Morgan fingerprint density at radius 1 is 1.26 bits per heavy atom. The van der Waals surface area contributed by atoms with E-state index >= 15 is 0 Å². The third-order valence-corrected chi connectivity index (χ3v) is 3.77. The van der Waals surface area contributed by atoms with E-state index in [0.29, 0.717) is 11.6 Å². The van der Waals surface area contributed by atoms with Gasteiger partial charge in [0.25, 0.3) is 5.91 Å². The van der Waals surface area contributed by atoms with Gasteiger partial charge in [-0.3, -0.25) is 9.69 Å². The molecule has 2 aliphatic heterocycles. The van der Waals surface area contributed by atoms with Gasteiger partial charge < -0.3 is 14.6 Å². The van der Waals surface area contributed by atoms with E-state index in [-0.39, 0.29) is 5.91 Å². The predicted molar refractivity (Wildman–Crippen MR) is 69.1 cm³/mol. The second-order valence-corrected chi connectivity index (χ2v) is 4.99. The van der Waals surface area contributed by atoms with Gasteiger partial charge in [0.1, 0.15) is 6.26 Å². The molecule has 1 amide bonds. The van der Waals surface area contributed by atoms with Crippen molar-refractivity contribution < 1.29 is 9.21 Å². The van der Waals surface area contributed by atoms with E-state index < -0.39 is 5.63 Å². The summed E-state index contributed by atoms with van der Waals surface area (Å²) in [5, 5.41) is 3.32. The van der Waals surface area contributed by atoms with Gasteiger partial charge in [0.05, 0.1) is 5.56 Å². The van der Waals surface area contributed by atoms with Crippen molar-refractivity contribution in [3.05, 3.63) is 34.4 Å². The van der Waals surface area contributed by atoms with Crippen LogP contribution in [0.2, 0.25) is 0 Å². The monoisotopic (exact) mass is 263 g/mol. The van der Waals surface area contributed by atoms with Crippen LogP contribution in [-0.4, -0.2) is 61.0 Å². The molecule has 0 saturated carbocycles. The Bertz CT molecular complexity index is 496. The van der Waals surface area contributed by atoms with Crippen molar-refractivity contribution in [2.75, 3.05) is 39.3 Å². The predicted octanol–water partition coefficient (Wildman–Crippen LogP) is -0.631. The molecule has 2 fully saturated rings. The Balaban J connectivity index is 1.56. The summed E-state index contributed by atoms with van der Waals surface area (Å²) < 4.78 is 4.72. The van der Waals surface area contributed by atoms with Gasteiger partial charge in [0, 0.05) is 51.4 Å². The summed E-state index contributed by atoms with van der Waals surface area (Å²) in [6.45, 7) is 5.66. The zero-order valence-electron chi connectivity index (χ0n) is 10.7. The number of hydrogen-bond acceptors (Lipinski definition) is 5. The van der Waals surface area contributed by atoms with Gasteiger partial charge in [-0.05, 0) is 6.07 Å². The first-order chi connectivity index (χ1) is 9.24. The zero-order valence-corrected chi connectivity index (χ0v) is 10.7. The quantitative estimate of drug-likeness (QED) is 0.769. The summed E-state index contributed by atoms with van der Waals surface area (Å²) in [6.07, 6.45) is 1.24. The van der Waals surface area contributed by atoms with Gasteiger partial charge in [-0.2, -0.15) is 0 Å². The lowest BCUT2D eigenvalue weighted by Crippen LogP contribution is -2.63. The van der Waals surface area contributed by atoms with Crippen LogP contribution in [0.1, 0.15) is 10.4 Å². The van der Waals surface area contributed by atoms with Crippen LogP contribution in [0.25, 0.3) is 0 Å². The maximum atomic E-state index is 12.1. The lowest BCUT2D eigenvalue weighted by Gasteiger charge is -2.46. The number of carbonyl (C=O) groups is 1. The van der Waals surface area contributed by atoms with E-state index in [2.05, 4.69) is 10.2 Å².